The molecule has 0 saturated carbocycles. The summed E-state index contributed by atoms with van der Waals surface area (Å²) in [5, 5.41) is 0. The maximum Gasteiger partial charge on any atom is 1.00 e. The summed E-state index contributed by atoms with van der Waals surface area (Å²) >= 11 is 0. The summed E-state index contributed by atoms with van der Waals surface area (Å²) in [6.45, 7) is 0. The first-order chi connectivity index (χ1) is 4.43. The zero-order valence-electron chi connectivity index (χ0n) is 6.00. The quantitative estimate of drug-likeness (QED) is 0.357. The molecule has 0 bridgehead atoms. The Bertz CT molecular complexity index is 184. The maximum atomic E-state index is 9.85. The minimum atomic E-state index is 0. The van der Waals surface area contributed by atoms with Gasteiger partial charge in [-0.05, 0) is 0 Å². The van der Waals surface area contributed by atoms with Crippen molar-refractivity contribution >= 4 is 6.29 Å². The van der Waals surface area contributed by atoms with Gasteiger partial charge in [0.1, 0.15) is 0 Å². The van der Waals surface area contributed by atoms with Gasteiger partial charge in [-0.2, -0.15) is 0 Å². The van der Waals surface area contributed by atoms with E-state index in [9.17, 15) is 4.79 Å². The monoisotopic (exact) mass is 142 g/mol. The molecule has 0 aliphatic rings. The summed E-state index contributed by atoms with van der Waals surface area (Å²) in [5.74, 6) is 0. The fraction of sp³-hybridized carbons (Fsp3) is 0.125. The Hall–Kier alpha value is -0.110. The van der Waals surface area contributed by atoms with E-state index in [-0.39, 0.29) is 29.6 Å². The van der Waals surface area contributed by atoms with Crippen molar-refractivity contribution in [3.63, 3.8) is 0 Å². The summed E-state index contributed by atoms with van der Waals surface area (Å²) in [7, 11) is 0. The average Bonchev–Trinajstić information content (AvgIpc) is 1.91. The third kappa shape index (κ3) is 3.16. The Balaban J connectivity index is 0.000000810. The molecule has 0 amide bonds. The van der Waals surface area contributed by atoms with Crippen LogP contribution in [0.25, 0.3) is 0 Å². The van der Waals surface area contributed by atoms with Gasteiger partial charge in [0.25, 0.3) is 0 Å². The van der Waals surface area contributed by atoms with Crippen molar-refractivity contribution < 1.29 is 34.4 Å². The molecule has 0 radical (unpaired) electrons. The van der Waals surface area contributed by atoms with Crippen LogP contribution in [0.15, 0.2) is 30.3 Å². The van der Waals surface area contributed by atoms with Crippen LogP contribution in [0.2, 0.25) is 0 Å². The first-order valence-corrected chi connectivity index (χ1v) is 2.82. The summed E-state index contributed by atoms with van der Waals surface area (Å²) in [6.07, 6.45) is 2.24. The Labute approximate surface area is 82.7 Å². The van der Waals surface area contributed by atoms with Gasteiger partial charge in [-0.15, -0.1) is 6.42 Å². The molecular formula is C8H7NaO. The van der Waals surface area contributed by atoms with Crippen molar-refractivity contribution in [2.24, 2.45) is 0 Å². The second-order valence-corrected chi connectivity index (χ2v) is 1.81. The van der Waals surface area contributed by atoms with Crippen LogP contribution in [0.5, 0.6) is 0 Å². The predicted octanol–water partition coefficient (Wildman–Crippen LogP) is -1.66. The number of carbonyl (C=O) groups excluding carboxylic acids is 1. The molecule has 1 nitrogen and oxygen atoms in total. The standard InChI is InChI=1S/C8H7O.Na/c9-7-6-8-4-2-1-3-5-8;/h1-5H,6H2;/q-1;+1. The fourth-order valence-electron chi connectivity index (χ4n) is 0.679. The van der Waals surface area contributed by atoms with Gasteiger partial charge in [0.05, 0.1) is 0 Å². The molecule has 0 unspecified atom stereocenters. The Morgan fingerprint density at radius 2 is 1.80 bits per heavy atom. The molecule has 10 heavy (non-hydrogen) atoms. The van der Waals surface area contributed by atoms with Crippen LogP contribution in [-0.4, -0.2) is 6.29 Å². The number of benzene rings is 1. The molecule has 0 aliphatic carbocycles. The predicted molar refractivity (Wildman–Crippen MR) is 35.8 cm³/mol. The second kappa shape index (κ2) is 5.66. The molecule has 2 heteroatoms. The maximum absolute atomic E-state index is 9.85. The van der Waals surface area contributed by atoms with Gasteiger partial charge in [-0.1, -0.05) is 35.9 Å². The summed E-state index contributed by atoms with van der Waals surface area (Å²) < 4.78 is 0. The number of rotatable bonds is 2. The molecule has 0 heterocycles. The smallest absolute Gasteiger partial charge is 0.541 e. The van der Waals surface area contributed by atoms with E-state index < -0.39 is 0 Å². The van der Waals surface area contributed by atoms with Gasteiger partial charge in [0.15, 0.2) is 0 Å². The molecule has 0 spiro atoms. The van der Waals surface area contributed by atoms with Gasteiger partial charge >= 0.3 is 29.6 Å². The fourth-order valence-corrected chi connectivity index (χ4v) is 0.679. The minimum Gasteiger partial charge on any atom is -0.541 e. The first kappa shape index (κ1) is 9.89. The van der Waals surface area contributed by atoms with E-state index in [1.807, 2.05) is 36.6 Å². The van der Waals surface area contributed by atoms with Crippen LogP contribution in [0.4, 0.5) is 0 Å². The van der Waals surface area contributed by atoms with Gasteiger partial charge in [-0.3, -0.25) is 6.29 Å². The van der Waals surface area contributed by atoms with Crippen molar-refractivity contribution in [2.75, 3.05) is 0 Å². The average molecular weight is 142 g/mol. The molecule has 0 saturated heterocycles. The van der Waals surface area contributed by atoms with E-state index in [1.165, 1.54) is 0 Å². The van der Waals surface area contributed by atoms with Crippen LogP contribution >= 0.6 is 0 Å². The normalized spacial score (nSPS) is 8.00. The van der Waals surface area contributed by atoms with Crippen LogP contribution in [0.3, 0.4) is 0 Å². The molecule has 1 rings (SSSR count). The van der Waals surface area contributed by atoms with E-state index in [4.69, 9.17) is 0 Å². The van der Waals surface area contributed by atoms with Gasteiger partial charge < -0.3 is 4.79 Å². The van der Waals surface area contributed by atoms with Gasteiger partial charge in [0.2, 0.25) is 0 Å². The molecule has 1 aromatic carbocycles. The van der Waals surface area contributed by atoms with Crippen LogP contribution in [0, 0.1) is 0 Å². The largest absolute Gasteiger partial charge is 1.00 e. The van der Waals surface area contributed by atoms with E-state index >= 15 is 0 Å². The molecule has 0 fully saturated rings. The SMILES string of the molecule is O=[C-]Cc1ccccc1.[Na+]. The van der Waals surface area contributed by atoms with Crippen molar-refractivity contribution in [2.45, 2.75) is 6.42 Å². The zero-order valence-corrected chi connectivity index (χ0v) is 8.00. The molecule has 46 valence electrons. The van der Waals surface area contributed by atoms with E-state index in [2.05, 4.69) is 0 Å². The summed E-state index contributed by atoms with van der Waals surface area (Å²) in [5.41, 5.74) is 1.02. The minimum absolute atomic E-state index is 0. The topological polar surface area (TPSA) is 17.1 Å². The van der Waals surface area contributed by atoms with E-state index in [0.717, 1.165) is 5.56 Å². The third-order valence-electron chi connectivity index (χ3n) is 1.12. The van der Waals surface area contributed by atoms with E-state index in [1.54, 1.807) is 0 Å². The zero-order chi connectivity index (χ0) is 6.53. The third-order valence-corrected chi connectivity index (χ3v) is 1.12. The molecule has 1 aromatic rings. The molecule has 0 N–H and O–H groups in total. The molecule has 0 atom stereocenters. The van der Waals surface area contributed by atoms with Crippen LogP contribution < -0.4 is 29.6 Å². The summed E-state index contributed by atoms with van der Waals surface area (Å²) in [4.78, 5) is 9.85. The van der Waals surface area contributed by atoms with Crippen molar-refractivity contribution in [3.05, 3.63) is 35.9 Å². The number of hydrogen-bond acceptors (Lipinski definition) is 1. The van der Waals surface area contributed by atoms with Crippen LogP contribution in [-0.2, 0) is 11.2 Å². The molecule has 0 aromatic heterocycles. The van der Waals surface area contributed by atoms with Crippen molar-refractivity contribution in [3.8, 4) is 0 Å². The second-order valence-electron chi connectivity index (χ2n) is 1.81. The van der Waals surface area contributed by atoms with Crippen LogP contribution in [0.1, 0.15) is 5.56 Å². The molecule has 0 aliphatic heterocycles. The Morgan fingerprint density at radius 3 is 2.30 bits per heavy atom. The Morgan fingerprint density at radius 1 is 1.20 bits per heavy atom. The Kier molecular flexibility index (Phi) is 5.60. The van der Waals surface area contributed by atoms with Crippen molar-refractivity contribution in [1.82, 2.24) is 0 Å². The van der Waals surface area contributed by atoms with Gasteiger partial charge in [0, 0.05) is 0 Å². The first-order valence-electron chi connectivity index (χ1n) is 2.82. The number of hydrogen-bond donors (Lipinski definition) is 0. The summed E-state index contributed by atoms with van der Waals surface area (Å²) in [6, 6.07) is 9.56. The van der Waals surface area contributed by atoms with Crippen molar-refractivity contribution in [1.29, 1.82) is 0 Å². The molecular weight excluding hydrogens is 135 g/mol. The van der Waals surface area contributed by atoms with Gasteiger partial charge in [-0.25, -0.2) is 0 Å². The van der Waals surface area contributed by atoms with E-state index in [0.29, 0.717) is 6.42 Å².